The zero-order valence-electron chi connectivity index (χ0n) is 17.5. The number of unbranched alkanes of at least 4 members (excludes halogenated alkanes) is 2. The summed E-state index contributed by atoms with van der Waals surface area (Å²) >= 11 is 0. The fourth-order valence-corrected chi connectivity index (χ4v) is 4.19. The van der Waals surface area contributed by atoms with Crippen LogP contribution in [0, 0.1) is 0 Å². The van der Waals surface area contributed by atoms with Gasteiger partial charge in [-0.3, -0.25) is 9.89 Å². The van der Waals surface area contributed by atoms with Gasteiger partial charge in [0.25, 0.3) is 5.91 Å². The third-order valence-corrected chi connectivity index (χ3v) is 5.83. The minimum Gasteiger partial charge on any atom is -0.326 e. The van der Waals surface area contributed by atoms with Gasteiger partial charge in [0.1, 0.15) is 5.69 Å². The van der Waals surface area contributed by atoms with Gasteiger partial charge in [-0.1, -0.05) is 88.2 Å². The van der Waals surface area contributed by atoms with Crippen molar-refractivity contribution in [3.63, 3.8) is 0 Å². The Labute approximate surface area is 173 Å². The second-order valence-electron chi connectivity index (χ2n) is 8.16. The number of nitrogens with zero attached hydrogens (tertiary/aromatic N) is 2. The van der Waals surface area contributed by atoms with Crippen LogP contribution in [0.4, 0.5) is 0 Å². The lowest BCUT2D eigenvalue weighted by Gasteiger charge is -2.26. The van der Waals surface area contributed by atoms with Gasteiger partial charge in [-0.05, 0) is 23.5 Å². The van der Waals surface area contributed by atoms with Crippen LogP contribution in [0.3, 0.4) is 0 Å². The summed E-state index contributed by atoms with van der Waals surface area (Å²) < 4.78 is 0. The van der Waals surface area contributed by atoms with Crippen molar-refractivity contribution in [1.82, 2.24) is 15.1 Å². The number of amides is 1. The number of benzene rings is 2. The number of aromatic nitrogens is 2. The van der Waals surface area contributed by atoms with Gasteiger partial charge in [0.05, 0.1) is 11.7 Å². The Morgan fingerprint density at radius 3 is 2.41 bits per heavy atom. The predicted molar refractivity (Wildman–Crippen MR) is 117 cm³/mol. The molecule has 2 heterocycles. The van der Waals surface area contributed by atoms with E-state index in [0.29, 0.717) is 11.6 Å². The fraction of sp³-hybridized carbons (Fsp3) is 0.360. The lowest BCUT2D eigenvalue weighted by atomic mass is 9.93. The van der Waals surface area contributed by atoms with Gasteiger partial charge in [-0.15, -0.1) is 0 Å². The van der Waals surface area contributed by atoms with Crippen molar-refractivity contribution in [2.45, 2.75) is 52.0 Å². The highest BCUT2D eigenvalue weighted by molar-refractivity contribution is 6.00. The highest BCUT2D eigenvalue weighted by Gasteiger charge is 2.41. The van der Waals surface area contributed by atoms with E-state index in [-0.39, 0.29) is 11.9 Å². The maximum Gasteiger partial charge on any atom is 0.273 e. The van der Waals surface area contributed by atoms with Crippen LogP contribution >= 0.6 is 0 Å². The smallest absolute Gasteiger partial charge is 0.273 e. The molecule has 4 rings (SSSR count). The Hall–Kier alpha value is -2.88. The minimum absolute atomic E-state index is 0.0590. The van der Waals surface area contributed by atoms with Crippen LogP contribution in [0.25, 0.3) is 11.3 Å². The first-order valence-electron chi connectivity index (χ1n) is 10.7. The number of hydrogen-bond donors (Lipinski definition) is 1. The molecule has 0 radical (unpaired) electrons. The van der Waals surface area contributed by atoms with Gasteiger partial charge in [0, 0.05) is 17.7 Å². The molecule has 150 valence electrons. The third kappa shape index (κ3) is 3.59. The van der Waals surface area contributed by atoms with E-state index in [0.717, 1.165) is 48.2 Å². The van der Waals surface area contributed by atoms with Crippen molar-refractivity contribution in [2.75, 3.05) is 6.54 Å². The van der Waals surface area contributed by atoms with E-state index in [1.807, 2.05) is 23.1 Å². The molecule has 0 bridgehead atoms. The van der Waals surface area contributed by atoms with Gasteiger partial charge in [0.15, 0.2) is 0 Å². The number of carbonyl (C=O) groups is 1. The minimum atomic E-state index is -0.0930. The molecule has 0 saturated carbocycles. The molecule has 3 aromatic rings. The monoisotopic (exact) mass is 387 g/mol. The summed E-state index contributed by atoms with van der Waals surface area (Å²) in [7, 11) is 0. The Bertz CT molecular complexity index is 973. The van der Waals surface area contributed by atoms with Crippen LogP contribution in [-0.4, -0.2) is 27.5 Å². The first kappa shape index (κ1) is 19.4. The summed E-state index contributed by atoms with van der Waals surface area (Å²) in [5.41, 5.74) is 6.03. The SMILES string of the molecule is CCCCCN1C(=O)c2[nH]nc(-c3ccccc3)c2C1c1ccc(C(C)C)cc1. The third-order valence-electron chi connectivity index (χ3n) is 5.83. The lowest BCUT2D eigenvalue weighted by molar-refractivity contribution is 0.0740. The first-order chi connectivity index (χ1) is 14.1. The Kier molecular flexibility index (Phi) is 5.52. The maximum atomic E-state index is 13.2. The van der Waals surface area contributed by atoms with E-state index >= 15 is 0 Å². The molecule has 1 aliphatic heterocycles. The molecule has 1 amide bonds. The molecule has 0 spiro atoms. The molecule has 0 saturated heterocycles. The van der Waals surface area contributed by atoms with Gasteiger partial charge in [0.2, 0.25) is 0 Å². The maximum absolute atomic E-state index is 13.2. The number of hydrogen-bond acceptors (Lipinski definition) is 2. The van der Waals surface area contributed by atoms with Gasteiger partial charge < -0.3 is 4.90 Å². The lowest BCUT2D eigenvalue weighted by Crippen LogP contribution is -2.30. The van der Waals surface area contributed by atoms with Crippen LogP contribution in [0.1, 0.15) is 79.2 Å². The molecular formula is C25H29N3O. The van der Waals surface area contributed by atoms with Gasteiger partial charge in [-0.2, -0.15) is 5.10 Å². The first-order valence-corrected chi connectivity index (χ1v) is 10.7. The Morgan fingerprint density at radius 2 is 1.76 bits per heavy atom. The quantitative estimate of drug-likeness (QED) is 0.510. The number of aromatic amines is 1. The van der Waals surface area contributed by atoms with Crippen molar-refractivity contribution >= 4 is 5.91 Å². The van der Waals surface area contributed by atoms with Crippen molar-refractivity contribution in [1.29, 1.82) is 0 Å². The molecule has 1 aromatic heterocycles. The van der Waals surface area contributed by atoms with Crippen molar-refractivity contribution in [3.8, 4) is 11.3 Å². The number of H-pyrrole nitrogens is 1. The molecule has 2 aromatic carbocycles. The Morgan fingerprint density at radius 1 is 1.03 bits per heavy atom. The molecule has 0 aliphatic carbocycles. The summed E-state index contributed by atoms with van der Waals surface area (Å²) in [4.78, 5) is 15.3. The molecule has 0 fully saturated rings. The number of carbonyl (C=O) groups excluding carboxylic acids is 1. The van der Waals surface area contributed by atoms with E-state index < -0.39 is 0 Å². The summed E-state index contributed by atoms with van der Waals surface area (Å²) in [5.74, 6) is 0.544. The average molecular weight is 388 g/mol. The number of fused-ring (bicyclic) bond motifs is 1. The topological polar surface area (TPSA) is 49.0 Å². The molecule has 1 atom stereocenters. The molecule has 29 heavy (non-hydrogen) atoms. The molecule has 1 unspecified atom stereocenters. The van der Waals surface area contributed by atoms with Crippen LogP contribution in [0.2, 0.25) is 0 Å². The highest BCUT2D eigenvalue weighted by Crippen LogP contribution is 2.43. The average Bonchev–Trinajstić information content (AvgIpc) is 3.28. The second-order valence-corrected chi connectivity index (χ2v) is 8.16. The van der Waals surface area contributed by atoms with E-state index in [4.69, 9.17) is 0 Å². The van der Waals surface area contributed by atoms with E-state index in [2.05, 4.69) is 67.4 Å². The van der Waals surface area contributed by atoms with Crippen LogP contribution in [-0.2, 0) is 0 Å². The summed E-state index contributed by atoms with van der Waals surface area (Å²) in [5, 5.41) is 7.58. The van der Waals surface area contributed by atoms with E-state index in [1.165, 1.54) is 5.56 Å². The van der Waals surface area contributed by atoms with Crippen LogP contribution in [0.5, 0.6) is 0 Å². The molecule has 1 N–H and O–H groups in total. The summed E-state index contributed by atoms with van der Waals surface area (Å²) in [6.45, 7) is 7.35. The molecule has 1 aliphatic rings. The van der Waals surface area contributed by atoms with Crippen LogP contribution < -0.4 is 0 Å². The standard InChI is InChI=1S/C25H29N3O/c1-4-5-9-16-28-24(20-14-12-18(13-15-20)17(2)3)21-22(19-10-7-6-8-11-19)26-27-23(21)25(28)29/h6-8,10-15,17,24H,4-5,9,16H2,1-3H3,(H,26,27). The van der Waals surface area contributed by atoms with Crippen molar-refractivity contribution in [3.05, 3.63) is 77.0 Å². The largest absolute Gasteiger partial charge is 0.326 e. The molecular weight excluding hydrogens is 358 g/mol. The summed E-state index contributed by atoms with van der Waals surface area (Å²) in [6.07, 6.45) is 3.28. The van der Waals surface area contributed by atoms with Crippen molar-refractivity contribution < 1.29 is 4.79 Å². The van der Waals surface area contributed by atoms with Gasteiger partial charge in [-0.25, -0.2) is 0 Å². The fourth-order valence-electron chi connectivity index (χ4n) is 4.19. The zero-order valence-corrected chi connectivity index (χ0v) is 17.5. The normalized spacial score (nSPS) is 15.9. The van der Waals surface area contributed by atoms with Crippen molar-refractivity contribution in [2.24, 2.45) is 0 Å². The van der Waals surface area contributed by atoms with Crippen LogP contribution in [0.15, 0.2) is 54.6 Å². The van der Waals surface area contributed by atoms with Gasteiger partial charge >= 0.3 is 0 Å². The number of nitrogens with one attached hydrogen (secondary N) is 1. The molecule has 4 heteroatoms. The predicted octanol–water partition coefficient (Wildman–Crippen LogP) is 5.94. The molecule has 4 nitrogen and oxygen atoms in total. The second kappa shape index (κ2) is 8.24. The zero-order chi connectivity index (χ0) is 20.4. The highest BCUT2D eigenvalue weighted by atomic mass is 16.2. The Balaban J connectivity index is 1.79. The number of rotatable bonds is 7. The summed E-state index contributed by atoms with van der Waals surface area (Å²) in [6, 6.07) is 18.8. The van der Waals surface area contributed by atoms with E-state index in [1.54, 1.807) is 0 Å². The van der Waals surface area contributed by atoms with E-state index in [9.17, 15) is 4.79 Å².